The Bertz CT molecular complexity index is 1710. The number of anilines is 1. The smallest absolute Gasteiger partial charge is 0.301 e. The summed E-state index contributed by atoms with van der Waals surface area (Å²) in [4.78, 5) is 28.3. The molecule has 1 atom stereocenters. The number of ether oxygens (including phenoxy) is 2. The number of carbonyl (C=O) groups excluding carboxylic acids is 2. The predicted octanol–water partition coefficient (Wildman–Crippen LogP) is 7.21. The van der Waals surface area contributed by atoms with Crippen LogP contribution in [0.4, 0.5) is 9.52 Å². The van der Waals surface area contributed by atoms with Crippen molar-refractivity contribution >= 4 is 57.3 Å². The molecule has 8 nitrogen and oxygen atoms in total. The number of nitrogens with zero attached hydrogens (tertiary/aromatic N) is 3. The van der Waals surface area contributed by atoms with Crippen LogP contribution in [0.2, 0.25) is 5.02 Å². The minimum Gasteiger partial charge on any atom is -0.507 e. The van der Waals surface area contributed by atoms with Crippen LogP contribution in [-0.2, 0) is 15.3 Å². The van der Waals surface area contributed by atoms with Gasteiger partial charge in [0.15, 0.2) is 15.8 Å². The van der Waals surface area contributed by atoms with Crippen molar-refractivity contribution < 1.29 is 28.6 Å². The SMILES string of the molecule is C=CCOc1ccc(C2/C(=C(\O)c3ccc(Cl)cc3)C(=O)C(=O)N2c2nnc(SCc3ccccc3F)s2)cc1OCC. The average molecular weight is 638 g/mol. The van der Waals surface area contributed by atoms with Crippen LogP contribution in [0.3, 0.4) is 0 Å². The number of halogens is 2. The summed E-state index contributed by atoms with van der Waals surface area (Å²) >= 11 is 8.37. The summed E-state index contributed by atoms with van der Waals surface area (Å²) < 4.78 is 26.2. The molecule has 0 spiro atoms. The molecule has 1 aliphatic rings. The van der Waals surface area contributed by atoms with Gasteiger partial charge in [-0.2, -0.15) is 0 Å². The van der Waals surface area contributed by atoms with E-state index in [0.717, 1.165) is 11.3 Å². The van der Waals surface area contributed by atoms with Crippen LogP contribution in [0.1, 0.15) is 29.7 Å². The van der Waals surface area contributed by atoms with Gasteiger partial charge in [0, 0.05) is 16.3 Å². The molecule has 43 heavy (non-hydrogen) atoms. The standard InChI is InChI=1S/C31H25ClFN3O5S2/c1-3-15-41-23-14-11-19(16-24(23)40-4-2)26-25(27(37)18-9-12-21(32)13-10-18)28(38)29(39)36(26)30-34-35-31(43-30)42-17-20-7-5-6-8-22(20)33/h3,5-14,16,26,37H,1,4,15,17H2,2H3/b27-25+. The molecule has 5 rings (SSSR count). The lowest BCUT2D eigenvalue weighted by atomic mass is 9.95. The lowest BCUT2D eigenvalue weighted by Crippen LogP contribution is -2.29. The molecule has 0 radical (unpaired) electrons. The van der Waals surface area contributed by atoms with Gasteiger partial charge in [0.2, 0.25) is 5.13 Å². The molecule has 1 saturated heterocycles. The van der Waals surface area contributed by atoms with Crippen molar-refractivity contribution in [1.82, 2.24) is 10.2 Å². The number of benzene rings is 3. The van der Waals surface area contributed by atoms with E-state index in [4.69, 9.17) is 21.1 Å². The maximum absolute atomic E-state index is 14.1. The van der Waals surface area contributed by atoms with Gasteiger partial charge in [-0.3, -0.25) is 14.5 Å². The molecule has 1 fully saturated rings. The molecule has 3 aromatic carbocycles. The Morgan fingerprint density at radius 1 is 1.12 bits per heavy atom. The summed E-state index contributed by atoms with van der Waals surface area (Å²) in [6.45, 7) is 6.06. The van der Waals surface area contributed by atoms with Crippen molar-refractivity contribution in [1.29, 1.82) is 0 Å². The van der Waals surface area contributed by atoms with Crippen molar-refractivity contribution in [3.63, 3.8) is 0 Å². The summed E-state index contributed by atoms with van der Waals surface area (Å²) in [5.74, 6) is -1.35. The van der Waals surface area contributed by atoms with Crippen LogP contribution >= 0.6 is 34.7 Å². The Hall–Kier alpha value is -4.19. The van der Waals surface area contributed by atoms with E-state index in [1.54, 1.807) is 66.7 Å². The maximum Gasteiger partial charge on any atom is 0.301 e. The third kappa shape index (κ3) is 6.43. The van der Waals surface area contributed by atoms with Crippen LogP contribution in [0.25, 0.3) is 5.76 Å². The summed E-state index contributed by atoms with van der Waals surface area (Å²) in [6, 6.07) is 16.6. The molecule has 1 N–H and O–H groups in total. The normalized spacial score (nSPS) is 16.0. The lowest BCUT2D eigenvalue weighted by molar-refractivity contribution is -0.132. The molecule has 0 saturated carbocycles. The molecule has 2 heterocycles. The number of aromatic nitrogens is 2. The first kappa shape index (κ1) is 30.3. The minimum absolute atomic E-state index is 0.134. The second-order valence-corrected chi connectivity index (χ2v) is 11.8. The Balaban J connectivity index is 1.58. The van der Waals surface area contributed by atoms with Crippen molar-refractivity contribution in [2.75, 3.05) is 18.1 Å². The van der Waals surface area contributed by atoms with E-state index in [2.05, 4.69) is 16.8 Å². The Kier molecular flexibility index (Phi) is 9.44. The van der Waals surface area contributed by atoms with Crippen molar-refractivity contribution in [2.45, 2.75) is 23.1 Å². The van der Waals surface area contributed by atoms with Crippen molar-refractivity contribution in [2.24, 2.45) is 0 Å². The molecule has 1 aliphatic heterocycles. The molecule has 0 aliphatic carbocycles. The number of thioether (sulfide) groups is 1. The third-order valence-corrected chi connectivity index (χ3v) is 8.77. The Morgan fingerprint density at radius 2 is 1.88 bits per heavy atom. The van der Waals surface area contributed by atoms with Gasteiger partial charge < -0.3 is 14.6 Å². The summed E-state index contributed by atoms with van der Waals surface area (Å²) in [7, 11) is 0. The van der Waals surface area contributed by atoms with E-state index in [1.165, 1.54) is 22.7 Å². The van der Waals surface area contributed by atoms with Gasteiger partial charge in [0.25, 0.3) is 5.78 Å². The number of aliphatic hydroxyl groups is 1. The number of hydrogen-bond acceptors (Lipinski definition) is 9. The summed E-state index contributed by atoms with van der Waals surface area (Å²) in [5, 5.41) is 20.4. The van der Waals surface area contributed by atoms with Gasteiger partial charge >= 0.3 is 5.91 Å². The van der Waals surface area contributed by atoms with Crippen molar-refractivity contribution in [3.8, 4) is 11.5 Å². The first-order valence-electron chi connectivity index (χ1n) is 13.1. The molecule has 1 unspecified atom stereocenters. The molecule has 4 aromatic rings. The summed E-state index contributed by atoms with van der Waals surface area (Å²) in [5.41, 5.74) is 1.14. The first-order valence-corrected chi connectivity index (χ1v) is 15.3. The summed E-state index contributed by atoms with van der Waals surface area (Å²) in [6.07, 6.45) is 1.60. The highest BCUT2D eigenvalue weighted by atomic mass is 35.5. The highest BCUT2D eigenvalue weighted by Gasteiger charge is 2.48. The molecule has 1 aromatic heterocycles. The molecular formula is C31H25ClFN3O5S2. The monoisotopic (exact) mass is 637 g/mol. The van der Waals surface area contributed by atoms with Gasteiger partial charge in [0.05, 0.1) is 18.2 Å². The fourth-order valence-electron chi connectivity index (χ4n) is 4.45. The highest BCUT2D eigenvalue weighted by Crippen LogP contribution is 2.45. The van der Waals surface area contributed by atoms with E-state index in [0.29, 0.717) is 49.9 Å². The maximum atomic E-state index is 14.1. The molecular weight excluding hydrogens is 613 g/mol. The number of ketones is 1. The molecule has 1 amide bonds. The fourth-order valence-corrected chi connectivity index (χ4v) is 6.43. The quantitative estimate of drug-likeness (QED) is 0.0460. The Morgan fingerprint density at radius 3 is 2.60 bits per heavy atom. The van der Waals surface area contributed by atoms with Crippen LogP contribution < -0.4 is 14.4 Å². The second-order valence-electron chi connectivity index (χ2n) is 9.15. The number of amides is 1. The fraction of sp³-hybridized carbons (Fsp3) is 0.161. The first-order chi connectivity index (χ1) is 20.8. The topological polar surface area (TPSA) is 102 Å². The van der Waals surface area contributed by atoms with Gasteiger partial charge in [-0.05, 0) is 60.5 Å². The average Bonchev–Trinajstić information content (AvgIpc) is 3.58. The lowest BCUT2D eigenvalue weighted by Gasteiger charge is -2.23. The van der Waals surface area contributed by atoms with Crippen LogP contribution in [0.5, 0.6) is 11.5 Å². The van der Waals surface area contributed by atoms with Gasteiger partial charge in [-0.1, -0.05) is 71.6 Å². The second kappa shape index (κ2) is 13.4. The van der Waals surface area contributed by atoms with Gasteiger partial charge in [-0.25, -0.2) is 4.39 Å². The minimum atomic E-state index is -1.07. The zero-order chi connectivity index (χ0) is 30.5. The predicted molar refractivity (Wildman–Crippen MR) is 165 cm³/mol. The van der Waals surface area contributed by atoms with E-state index in [9.17, 15) is 19.1 Å². The zero-order valence-corrected chi connectivity index (χ0v) is 25.2. The van der Waals surface area contributed by atoms with Gasteiger partial charge in [-0.15, -0.1) is 10.2 Å². The van der Waals surface area contributed by atoms with Crippen LogP contribution in [0.15, 0.2) is 89.3 Å². The molecule has 220 valence electrons. The molecule has 0 bridgehead atoms. The Labute approximate surface area is 260 Å². The van der Waals surface area contributed by atoms with Crippen molar-refractivity contribution in [3.05, 3.63) is 112 Å². The number of aliphatic hydroxyl groups excluding tert-OH is 1. The number of rotatable bonds is 11. The van der Waals surface area contributed by atoms with Crippen LogP contribution in [-0.4, -0.2) is 40.2 Å². The number of carbonyl (C=O) groups is 2. The number of hydrogen-bond donors (Lipinski definition) is 1. The van der Waals surface area contributed by atoms with Crippen LogP contribution in [0, 0.1) is 5.82 Å². The van der Waals surface area contributed by atoms with E-state index >= 15 is 0 Å². The highest BCUT2D eigenvalue weighted by molar-refractivity contribution is 8.00. The van der Waals surface area contributed by atoms with Gasteiger partial charge in [0.1, 0.15) is 18.2 Å². The number of Topliss-reactive ketones (excluding diaryl/α,β-unsaturated/α-hetero) is 1. The van der Waals surface area contributed by atoms with E-state index < -0.39 is 17.7 Å². The largest absolute Gasteiger partial charge is 0.507 e. The third-order valence-electron chi connectivity index (χ3n) is 6.41. The zero-order valence-electron chi connectivity index (χ0n) is 22.8. The van der Waals surface area contributed by atoms with E-state index in [1.807, 2.05) is 6.92 Å². The molecule has 12 heteroatoms. The van der Waals surface area contributed by atoms with E-state index in [-0.39, 0.29) is 28.9 Å².